The first-order chi connectivity index (χ1) is 11.7. The number of likely N-dealkylation sites (tertiary alicyclic amines) is 1. The van der Waals surface area contributed by atoms with Crippen molar-refractivity contribution < 1.29 is 14.3 Å². The maximum absolute atomic E-state index is 11.9. The smallest absolute Gasteiger partial charge is 0.409 e. The summed E-state index contributed by atoms with van der Waals surface area (Å²) in [6.07, 6.45) is 6.56. The predicted molar refractivity (Wildman–Crippen MR) is 87.8 cm³/mol. The Morgan fingerprint density at radius 1 is 1.17 bits per heavy atom. The van der Waals surface area contributed by atoms with Crippen molar-refractivity contribution in [3.05, 3.63) is 18.0 Å². The molecule has 8 heteroatoms. The average molecular weight is 333 g/mol. The van der Waals surface area contributed by atoms with Crippen LogP contribution >= 0.6 is 0 Å². The maximum Gasteiger partial charge on any atom is 0.409 e. The minimum atomic E-state index is -0.252. The second-order valence-corrected chi connectivity index (χ2v) is 6.15. The third-order valence-electron chi connectivity index (χ3n) is 4.18. The van der Waals surface area contributed by atoms with Crippen molar-refractivity contribution in [1.29, 1.82) is 0 Å². The highest BCUT2D eigenvalue weighted by atomic mass is 16.6. The van der Waals surface area contributed by atoms with E-state index in [0.29, 0.717) is 37.3 Å². The van der Waals surface area contributed by atoms with Crippen LogP contribution in [0.15, 0.2) is 12.4 Å². The van der Waals surface area contributed by atoms with Gasteiger partial charge in [0.2, 0.25) is 5.95 Å². The molecule has 2 heterocycles. The number of ether oxygens (including phenoxy) is 1. The largest absolute Gasteiger partial charge is 0.450 e. The Hall–Kier alpha value is -2.38. The van der Waals surface area contributed by atoms with E-state index >= 15 is 0 Å². The Kier molecular flexibility index (Phi) is 5.12. The van der Waals surface area contributed by atoms with E-state index < -0.39 is 0 Å². The van der Waals surface area contributed by atoms with Crippen molar-refractivity contribution in [2.75, 3.05) is 25.0 Å². The second kappa shape index (κ2) is 7.46. The van der Waals surface area contributed by atoms with Crippen molar-refractivity contribution >= 4 is 17.9 Å². The number of carbonyl (C=O) groups is 2. The number of aromatic nitrogens is 2. The van der Waals surface area contributed by atoms with E-state index in [4.69, 9.17) is 4.74 Å². The minimum absolute atomic E-state index is 0.119. The molecule has 1 saturated carbocycles. The molecule has 3 rings (SSSR count). The minimum Gasteiger partial charge on any atom is -0.450 e. The Bertz CT molecular complexity index is 580. The zero-order chi connectivity index (χ0) is 16.9. The summed E-state index contributed by atoms with van der Waals surface area (Å²) in [7, 11) is 0. The fourth-order valence-corrected chi connectivity index (χ4v) is 2.62. The van der Waals surface area contributed by atoms with Crippen LogP contribution in [0.2, 0.25) is 0 Å². The van der Waals surface area contributed by atoms with Gasteiger partial charge < -0.3 is 20.3 Å². The number of anilines is 1. The first-order valence-electron chi connectivity index (χ1n) is 8.47. The fourth-order valence-electron chi connectivity index (χ4n) is 2.62. The zero-order valence-electron chi connectivity index (χ0n) is 13.8. The van der Waals surface area contributed by atoms with Crippen LogP contribution in [-0.4, -0.2) is 58.6 Å². The Labute approximate surface area is 141 Å². The Morgan fingerprint density at radius 2 is 1.83 bits per heavy atom. The topological polar surface area (TPSA) is 96.5 Å². The van der Waals surface area contributed by atoms with Crippen molar-refractivity contribution in [3.8, 4) is 0 Å². The van der Waals surface area contributed by atoms with Gasteiger partial charge in [-0.25, -0.2) is 14.8 Å². The normalized spacial score (nSPS) is 18.1. The molecule has 0 radical (unpaired) electrons. The lowest BCUT2D eigenvalue weighted by molar-refractivity contribution is 0.0949. The number of nitrogens with one attached hydrogen (secondary N) is 2. The van der Waals surface area contributed by atoms with Gasteiger partial charge in [-0.15, -0.1) is 0 Å². The van der Waals surface area contributed by atoms with Crippen LogP contribution in [0.5, 0.6) is 0 Å². The summed E-state index contributed by atoms with van der Waals surface area (Å²) in [5, 5.41) is 6.17. The highest BCUT2D eigenvalue weighted by molar-refractivity contribution is 5.94. The molecule has 0 bridgehead atoms. The number of hydrogen-bond donors (Lipinski definition) is 2. The summed E-state index contributed by atoms with van der Waals surface area (Å²) in [5.41, 5.74) is 0.476. The Balaban J connectivity index is 1.46. The first kappa shape index (κ1) is 16.5. The number of piperidine rings is 1. The molecule has 1 aromatic rings. The molecular weight excluding hydrogens is 310 g/mol. The summed E-state index contributed by atoms with van der Waals surface area (Å²) >= 11 is 0. The molecule has 1 aromatic heterocycles. The molecule has 2 amide bonds. The van der Waals surface area contributed by atoms with Crippen LogP contribution in [0.1, 0.15) is 43.0 Å². The van der Waals surface area contributed by atoms with Crippen LogP contribution < -0.4 is 10.6 Å². The third kappa shape index (κ3) is 4.33. The van der Waals surface area contributed by atoms with Crippen molar-refractivity contribution in [2.45, 2.75) is 44.7 Å². The van der Waals surface area contributed by atoms with Gasteiger partial charge in [-0.3, -0.25) is 4.79 Å². The first-order valence-corrected chi connectivity index (χ1v) is 8.47. The van der Waals surface area contributed by atoms with E-state index in [1.54, 1.807) is 24.2 Å². The molecule has 130 valence electrons. The van der Waals surface area contributed by atoms with Gasteiger partial charge in [0.15, 0.2) is 0 Å². The zero-order valence-corrected chi connectivity index (χ0v) is 13.8. The van der Waals surface area contributed by atoms with Gasteiger partial charge >= 0.3 is 6.09 Å². The monoisotopic (exact) mass is 333 g/mol. The highest BCUT2D eigenvalue weighted by Gasteiger charge is 2.25. The van der Waals surface area contributed by atoms with E-state index in [0.717, 1.165) is 25.7 Å². The molecule has 0 aromatic carbocycles. The quantitative estimate of drug-likeness (QED) is 0.845. The predicted octanol–water partition coefficient (Wildman–Crippen LogP) is 1.40. The molecule has 1 aliphatic heterocycles. The number of hydrogen-bond acceptors (Lipinski definition) is 6. The van der Waals surface area contributed by atoms with Crippen LogP contribution in [-0.2, 0) is 4.74 Å². The van der Waals surface area contributed by atoms with Crippen molar-refractivity contribution in [2.24, 2.45) is 0 Å². The number of amides is 2. The summed E-state index contributed by atoms with van der Waals surface area (Å²) in [4.78, 5) is 33.7. The molecule has 0 unspecified atom stereocenters. The van der Waals surface area contributed by atoms with Crippen LogP contribution in [0.3, 0.4) is 0 Å². The lowest BCUT2D eigenvalue weighted by Gasteiger charge is -2.31. The molecule has 24 heavy (non-hydrogen) atoms. The van der Waals surface area contributed by atoms with E-state index in [-0.39, 0.29) is 18.0 Å². The van der Waals surface area contributed by atoms with Crippen LogP contribution in [0.4, 0.5) is 10.7 Å². The van der Waals surface area contributed by atoms with Gasteiger partial charge in [0.1, 0.15) is 0 Å². The van der Waals surface area contributed by atoms with Crippen LogP contribution in [0.25, 0.3) is 0 Å². The molecule has 1 aliphatic carbocycles. The van der Waals surface area contributed by atoms with Crippen molar-refractivity contribution in [3.63, 3.8) is 0 Å². The van der Waals surface area contributed by atoms with E-state index in [1.807, 2.05) is 0 Å². The number of carbonyl (C=O) groups excluding carboxylic acids is 2. The van der Waals surface area contributed by atoms with Gasteiger partial charge in [-0.2, -0.15) is 0 Å². The molecule has 2 aliphatic rings. The molecule has 0 atom stereocenters. The number of rotatable bonds is 5. The molecule has 8 nitrogen and oxygen atoms in total. The SMILES string of the molecule is CCOC(=O)N1CCC(Nc2ncc(C(=O)NC3CC3)cn2)CC1. The van der Waals surface area contributed by atoms with Gasteiger partial charge in [-0.1, -0.05) is 0 Å². The third-order valence-corrected chi connectivity index (χ3v) is 4.18. The van der Waals surface area contributed by atoms with Gasteiger partial charge in [0.05, 0.1) is 12.2 Å². The second-order valence-electron chi connectivity index (χ2n) is 6.15. The average Bonchev–Trinajstić information content (AvgIpc) is 3.40. The summed E-state index contributed by atoms with van der Waals surface area (Å²) in [6, 6.07) is 0.529. The van der Waals surface area contributed by atoms with E-state index in [2.05, 4.69) is 20.6 Å². The highest BCUT2D eigenvalue weighted by Crippen LogP contribution is 2.19. The molecule has 0 spiro atoms. The molecule has 1 saturated heterocycles. The van der Waals surface area contributed by atoms with Gasteiger partial charge in [0, 0.05) is 37.6 Å². The molecule has 2 fully saturated rings. The van der Waals surface area contributed by atoms with Gasteiger partial charge in [0.25, 0.3) is 5.91 Å². The molecular formula is C16H23N5O3. The fraction of sp³-hybridized carbons (Fsp3) is 0.625. The maximum atomic E-state index is 11.9. The standard InChI is InChI=1S/C16H23N5O3/c1-2-24-16(23)21-7-5-13(6-8-21)20-15-17-9-11(10-18-15)14(22)19-12-3-4-12/h9-10,12-13H,2-8H2,1H3,(H,19,22)(H,17,18,20). The Morgan fingerprint density at radius 3 is 2.42 bits per heavy atom. The van der Waals surface area contributed by atoms with E-state index in [9.17, 15) is 9.59 Å². The van der Waals surface area contributed by atoms with Crippen molar-refractivity contribution in [1.82, 2.24) is 20.2 Å². The molecule has 2 N–H and O–H groups in total. The van der Waals surface area contributed by atoms with Crippen LogP contribution in [0, 0.1) is 0 Å². The lowest BCUT2D eigenvalue weighted by Crippen LogP contribution is -2.42. The van der Waals surface area contributed by atoms with E-state index in [1.165, 1.54) is 0 Å². The van der Waals surface area contributed by atoms with Gasteiger partial charge in [-0.05, 0) is 32.6 Å². The summed E-state index contributed by atoms with van der Waals surface area (Å²) in [5.74, 6) is 0.388. The summed E-state index contributed by atoms with van der Waals surface area (Å²) < 4.78 is 5.01. The lowest BCUT2D eigenvalue weighted by atomic mass is 10.1. The summed E-state index contributed by atoms with van der Waals surface area (Å²) in [6.45, 7) is 3.50. The number of nitrogens with zero attached hydrogens (tertiary/aromatic N) is 3.